The third-order valence-corrected chi connectivity index (χ3v) is 11.7. The molecule has 0 unspecified atom stereocenters. The largest absolute Gasteiger partial charge is 0.508 e. The van der Waals surface area contributed by atoms with Crippen molar-refractivity contribution in [1.29, 1.82) is 0 Å². The van der Waals surface area contributed by atoms with Gasteiger partial charge in [-0.25, -0.2) is 0 Å². The zero-order chi connectivity index (χ0) is 38.9. The van der Waals surface area contributed by atoms with Gasteiger partial charge in [-0.1, -0.05) is 0 Å². The first-order chi connectivity index (χ1) is 26.1. The predicted octanol–water partition coefficient (Wildman–Crippen LogP) is 6.91. The van der Waals surface area contributed by atoms with Gasteiger partial charge in [0.05, 0.1) is 17.1 Å². The number of aliphatic hydroxyl groups is 1. The van der Waals surface area contributed by atoms with Crippen LogP contribution in [-0.2, 0) is 37.9 Å². The number of benzene rings is 2. The molecule has 0 bridgehead atoms. The molecular formula is C40H46Br2N2O11. The summed E-state index contributed by atoms with van der Waals surface area (Å²) >= 11 is 6.77. The molecule has 2 aliphatic carbocycles. The Morgan fingerprint density at radius 2 is 1.15 bits per heavy atom. The van der Waals surface area contributed by atoms with Crippen LogP contribution in [0, 0.1) is 0 Å². The van der Waals surface area contributed by atoms with Crippen LogP contribution in [0.15, 0.2) is 69.9 Å². The van der Waals surface area contributed by atoms with E-state index in [9.17, 15) is 5.11 Å². The maximum Gasteiger partial charge on any atom is 0.186 e. The molecule has 0 radical (unpaired) electrons. The number of hydrogen-bond acceptors (Lipinski definition) is 13. The number of aliphatic hydroxyl groups excluding tert-OH is 1. The Kier molecular flexibility index (Phi) is 10.5. The third-order valence-electron chi connectivity index (χ3n) is 10.9. The summed E-state index contributed by atoms with van der Waals surface area (Å²) in [6.45, 7) is 7.64. The molecule has 296 valence electrons. The van der Waals surface area contributed by atoms with Gasteiger partial charge in [0.15, 0.2) is 24.2 Å². The topological polar surface area (TPSA) is 149 Å². The molecule has 2 aromatic heterocycles. The van der Waals surface area contributed by atoms with E-state index in [0.717, 1.165) is 49.3 Å². The minimum atomic E-state index is -0.618. The highest BCUT2D eigenvalue weighted by molar-refractivity contribution is 9.10. The average molecular weight is 891 g/mol. The number of ether oxygens (including phenoxy) is 9. The van der Waals surface area contributed by atoms with Crippen molar-refractivity contribution >= 4 is 53.7 Å². The molecule has 10 rings (SSSR count). The van der Waals surface area contributed by atoms with Gasteiger partial charge in [-0.2, -0.15) is 0 Å². The Balaban J connectivity index is 0.000000129. The van der Waals surface area contributed by atoms with Crippen molar-refractivity contribution in [3.05, 3.63) is 69.9 Å². The van der Waals surface area contributed by atoms with Gasteiger partial charge in [0.2, 0.25) is 0 Å². The van der Waals surface area contributed by atoms with E-state index in [1.54, 1.807) is 38.7 Å². The van der Waals surface area contributed by atoms with E-state index in [-0.39, 0.29) is 48.7 Å². The van der Waals surface area contributed by atoms with E-state index in [0.29, 0.717) is 12.8 Å². The molecule has 6 heterocycles. The van der Waals surface area contributed by atoms with Crippen LogP contribution in [0.5, 0.6) is 11.5 Å². The molecule has 6 fully saturated rings. The van der Waals surface area contributed by atoms with Crippen molar-refractivity contribution in [2.75, 3.05) is 14.2 Å². The van der Waals surface area contributed by atoms with Crippen LogP contribution in [0.25, 0.3) is 21.8 Å². The lowest BCUT2D eigenvalue weighted by Crippen LogP contribution is -2.57. The molecule has 4 aliphatic heterocycles. The highest BCUT2D eigenvalue weighted by Gasteiger charge is 2.68. The summed E-state index contributed by atoms with van der Waals surface area (Å²) in [6, 6.07) is 15.1. The number of halogens is 2. The van der Waals surface area contributed by atoms with Gasteiger partial charge in [-0.05, 0) is 96.0 Å². The molecule has 2 saturated carbocycles. The summed E-state index contributed by atoms with van der Waals surface area (Å²) in [5.41, 5.74) is 0.913. The minimum absolute atomic E-state index is 0.0708. The van der Waals surface area contributed by atoms with Gasteiger partial charge in [-0.3, -0.25) is 9.97 Å². The number of hydrogen-bond donors (Lipinski definition) is 2. The quantitative estimate of drug-likeness (QED) is 0.219. The first-order valence-corrected chi connectivity index (χ1v) is 19.9. The fourth-order valence-electron chi connectivity index (χ4n) is 8.50. The van der Waals surface area contributed by atoms with Crippen molar-refractivity contribution in [2.45, 2.75) is 125 Å². The van der Waals surface area contributed by atoms with Crippen LogP contribution in [0.1, 0.15) is 53.4 Å². The molecule has 4 saturated heterocycles. The summed E-state index contributed by atoms with van der Waals surface area (Å²) in [5.74, 6) is -0.146. The van der Waals surface area contributed by atoms with Gasteiger partial charge in [0.1, 0.15) is 53.2 Å². The summed E-state index contributed by atoms with van der Waals surface area (Å²) < 4.78 is 54.6. The van der Waals surface area contributed by atoms with E-state index >= 15 is 0 Å². The van der Waals surface area contributed by atoms with Crippen LogP contribution in [0.3, 0.4) is 0 Å². The van der Waals surface area contributed by atoms with Gasteiger partial charge < -0.3 is 52.8 Å². The van der Waals surface area contributed by atoms with Crippen LogP contribution in [0.2, 0.25) is 0 Å². The third kappa shape index (κ3) is 7.75. The summed E-state index contributed by atoms with van der Waals surface area (Å²) in [7, 11) is 3.24. The summed E-state index contributed by atoms with van der Waals surface area (Å²) in [5, 5.41) is 20.7. The number of rotatable bonds is 4. The van der Waals surface area contributed by atoms with Crippen LogP contribution >= 0.6 is 31.9 Å². The number of methoxy groups -OCH3 is 2. The maximum atomic E-state index is 9.47. The summed E-state index contributed by atoms with van der Waals surface area (Å²) in [6.07, 6.45) is 4.55. The van der Waals surface area contributed by atoms with E-state index < -0.39 is 29.1 Å². The highest BCUT2D eigenvalue weighted by Crippen LogP contribution is 2.55. The molecule has 4 aromatic rings. The molecule has 6 aliphatic rings. The van der Waals surface area contributed by atoms with E-state index in [2.05, 4.69) is 41.8 Å². The lowest BCUT2D eigenvalue weighted by atomic mass is 9.73. The Morgan fingerprint density at radius 3 is 1.65 bits per heavy atom. The highest BCUT2D eigenvalue weighted by atomic mass is 79.9. The fourth-order valence-corrected chi connectivity index (χ4v) is 9.20. The van der Waals surface area contributed by atoms with Crippen molar-refractivity contribution in [3.63, 3.8) is 0 Å². The molecule has 55 heavy (non-hydrogen) atoms. The SMILES string of the molecule is CO[C@@H]1OC2(CC(O)C2)[C@H]2OC(C)(C)O[C@@H]12.CO[C@@H]1OC2(CC(Oc3ccc4cc(Br)cnc4c3)C2)[C@H]2OC(C)(C)O[C@@H]12.Oc1ccc2cc(Br)cnc2c1. The second-order valence-corrected chi connectivity index (χ2v) is 17.7. The molecular weight excluding hydrogens is 844 g/mol. The van der Waals surface area contributed by atoms with Crippen molar-refractivity contribution < 1.29 is 52.8 Å². The lowest BCUT2D eigenvalue weighted by Gasteiger charge is -2.46. The van der Waals surface area contributed by atoms with Crippen LogP contribution in [0.4, 0.5) is 0 Å². The second-order valence-electron chi connectivity index (χ2n) is 15.9. The predicted molar refractivity (Wildman–Crippen MR) is 206 cm³/mol. The van der Waals surface area contributed by atoms with Crippen molar-refractivity contribution in [3.8, 4) is 11.5 Å². The first kappa shape index (κ1) is 39.3. The van der Waals surface area contributed by atoms with Crippen molar-refractivity contribution in [2.24, 2.45) is 0 Å². The Hall–Kier alpha value is -2.54. The van der Waals surface area contributed by atoms with Gasteiger partial charge in [0.25, 0.3) is 0 Å². The fraction of sp³-hybridized carbons (Fsp3) is 0.550. The smallest absolute Gasteiger partial charge is 0.186 e. The zero-order valence-electron chi connectivity index (χ0n) is 31.4. The minimum Gasteiger partial charge on any atom is -0.508 e. The first-order valence-electron chi connectivity index (χ1n) is 18.4. The van der Waals surface area contributed by atoms with Crippen molar-refractivity contribution in [1.82, 2.24) is 9.97 Å². The number of aromatic hydroxyl groups is 1. The number of aromatic nitrogens is 2. The lowest BCUT2D eigenvalue weighted by molar-refractivity contribution is -0.277. The Bertz CT molecular complexity index is 2000. The normalized spacial score (nSPS) is 36.0. The van der Waals surface area contributed by atoms with E-state index in [4.69, 9.17) is 47.7 Å². The van der Waals surface area contributed by atoms with E-state index in [1.807, 2.05) is 64.1 Å². The monoisotopic (exact) mass is 888 g/mol. The van der Waals surface area contributed by atoms with Gasteiger partial charge in [-0.15, -0.1) is 0 Å². The number of phenolic OH excluding ortho intramolecular Hbond substituents is 1. The molecule has 2 aromatic carbocycles. The van der Waals surface area contributed by atoms with E-state index in [1.165, 1.54) is 0 Å². The van der Waals surface area contributed by atoms with Crippen LogP contribution in [-0.4, -0.2) is 106 Å². The molecule has 6 atom stereocenters. The van der Waals surface area contributed by atoms with Gasteiger partial charge >= 0.3 is 0 Å². The summed E-state index contributed by atoms with van der Waals surface area (Å²) in [4.78, 5) is 8.57. The average Bonchev–Trinajstić information content (AvgIpc) is 3.79. The maximum absolute atomic E-state index is 9.47. The number of phenols is 1. The second kappa shape index (κ2) is 14.7. The van der Waals surface area contributed by atoms with Crippen LogP contribution < -0.4 is 4.74 Å². The molecule has 2 N–H and O–H groups in total. The Morgan fingerprint density at radius 1 is 0.655 bits per heavy atom. The van der Waals surface area contributed by atoms with Gasteiger partial charge in [0, 0.05) is 84.1 Å². The number of fused-ring (bicyclic) bond motifs is 6. The number of pyridine rings is 2. The Labute approximate surface area is 336 Å². The molecule has 0 amide bonds. The number of nitrogens with zero attached hydrogens (tertiary/aromatic N) is 2. The zero-order valence-corrected chi connectivity index (χ0v) is 34.6. The molecule has 2 spiro atoms. The molecule has 15 heteroatoms. The standard InChI is InChI=1S/C20H22BrNO5.C11H18O5.C9H6BrNO/c1-19(2)25-16-17(26-19)20(27-18(16)23-3)8-14(9-20)24-13-5-4-11-6-12(21)10-22-15(11)7-13;1-10(2)14-7-8(15-10)11(4-6(12)5-11)16-9(7)13-3;10-7-3-6-1-2-8(12)4-9(6)11-5-7/h4-7,10,14,16-18H,8-9H2,1-3H3;6-9,12H,4-5H2,1-3H3;1-5,12H/t14?,16-,17+,18-,20?;6?,7-,8+,9-,11?;/m11./s1. The molecule has 13 nitrogen and oxygen atoms in total.